The third-order valence-corrected chi connectivity index (χ3v) is 11.2. The Morgan fingerprint density at radius 3 is 2.07 bits per heavy atom. The topological polar surface area (TPSA) is 3.24 Å². The summed E-state index contributed by atoms with van der Waals surface area (Å²) in [5.74, 6) is 0.772. The van der Waals surface area contributed by atoms with Crippen LogP contribution in [0.3, 0.4) is 0 Å². The molecule has 0 saturated heterocycles. The van der Waals surface area contributed by atoms with Crippen LogP contribution in [0, 0.1) is 31.1 Å². The predicted octanol–water partition coefficient (Wildman–Crippen LogP) is 10.7. The minimum absolute atomic E-state index is 0.184. The smallest absolute Gasteiger partial charge is 0.0514 e. The van der Waals surface area contributed by atoms with Gasteiger partial charge in [0.1, 0.15) is 0 Å². The van der Waals surface area contributed by atoms with E-state index in [-0.39, 0.29) is 16.7 Å². The molecule has 1 nitrogen and oxygen atoms in total. The van der Waals surface area contributed by atoms with E-state index >= 15 is 0 Å². The quantitative estimate of drug-likeness (QED) is 0.353. The number of fused-ring (bicyclic) bond motifs is 3. The van der Waals surface area contributed by atoms with E-state index in [0.717, 1.165) is 32.1 Å². The first-order chi connectivity index (χ1) is 21.4. The average Bonchev–Trinajstić information content (AvgIpc) is 3.15. The van der Waals surface area contributed by atoms with E-state index in [1.807, 2.05) is 0 Å². The fourth-order valence-electron chi connectivity index (χ4n) is 9.18. The molecule has 0 N–H and O–H groups in total. The van der Waals surface area contributed by atoms with Gasteiger partial charge in [0.2, 0.25) is 0 Å². The average molecular weight is 574 g/mol. The van der Waals surface area contributed by atoms with Crippen LogP contribution in [0.2, 0.25) is 0 Å². The highest BCUT2D eigenvalue weighted by Gasteiger charge is 2.63. The van der Waals surface area contributed by atoms with E-state index in [2.05, 4.69) is 148 Å². The van der Waals surface area contributed by atoms with Gasteiger partial charge < -0.3 is 4.90 Å². The highest BCUT2D eigenvalue weighted by Crippen LogP contribution is 2.69. The largest absolute Gasteiger partial charge is 0.310 e. The second-order valence-corrected chi connectivity index (χ2v) is 14.0. The van der Waals surface area contributed by atoms with Crippen LogP contribution in [0.15, 0.2) is 155 Å². The molecule has 0 saturated carbocycles. The Bertz CT molecular complexity index is 1760. The van der Waals surface area contributed by atoms with E-state index in [4.69, 9.17) is 0 Å². The predicted molar refractivity (Wildman–Crippen MR) is 184 cm³/mol. The number of allylic oxidation sites excluding steroid dienone is 15. The van der Waals surface area contributed by atoms with Crippen LogP contribution in [-0.4, -0.2) is 4.90 Å². The van der Waals surface area contributed by atoms with Crippen LogP contribution in [0.1, 0.15) is 68.2 Å². The summed E-state index contributed by atoms with van der Waals surface area (Å²) in [6.07, 6.45) is 32.4. The molecule has 1 heteroatoms. The maximum absolute atomic E-state index is 2.61. The summed E-state index contributed by atoms with van der Waals surface area (Å²) in [4.78, 5) is 2.59. The van der Waals surface area contributed by atoms with Gasteiger partial charge in [-0.1, -0.05) is 128 Å². The van der Waals surface area contributed by atoms with Crippen molar-refractivity contribution in [2.24, 2.45) is 17.3 Å². The van der Waals surface area contributed by atoms with Gasteiger partial charge in [0.05, 0.1) is 5.41 Å². The van der Waals surface area contributed by atoms with Crippen molar-refractivity contribution in [2.75, 3.05) is 0 Å². The summed E-state index contributed by atoms with van der Waals surface area (Å²) in [5, 5.41) is 0. The first-order valence-electron chi connectivity index (χ1n) is 16.7. The molecule has 0 aromatic heterocycles. The third kappa shape index (κ3) is 3.84. The van der Waals surface area contributed by atoms with Crippen molar-refractivity contribution in [1.29, 1.82) is 0 Å². The van der Waals surface area contributed by atoms with Gasteiger partial charge in [0, 0.05) is 28.4 Å². The summed E-state index contributed by atoms with van der Waals surface area (Å²) in [6, 6.07) is 19.0. The van der Waals surface area contributed by atoms with Crippen molar-refractivity contribution in [3.05, 3.63) is 177 Å². The first-order valence-corrected chi connectivity index (χ1v) is 16.7. The molecule has 0 amide bonds. The van der Waals surface area contributed by atoms with Crippen molar-refractivity contribution in [3.63, 3.8) is 0 Å². The van der Waals surface area contributed by atoms with Gasteiger partial charge >= 0.3 is 0 Å². The zero-order chi connectivity index (χ0) is 30.1. The molecule has 8 rings (SSSR count). The van der Waals surface area contributed by atoms with Crippen molar-refractivity contribution < 1.29 is 0 Å². The second-order valence-electron chi connectivity index (χ2n) is 14.0. The summed E-state index contributed by atoms with van der Waals surface area (Å²) in [5.41, 5.74) is 15.0. The standard InChI is InChI=1S/C43H43N/c1-29-16-21-33(22-17-29)43(34-23-18-30(2)19-24-34)38-14-7-6-13-36(38)41-37-25-20-32-11-5-8-15-39(32)44(35-12-9-10-31(3)28-35)40(37)26-27-42(41,43)4/h6,8-9,12-13,15-28,31,41H,5,7,10-11,14H2,1-4H3/t31?,41?,42-/m0/s1. The van der Waals surface area contributed by atoms with Crippen molar-refractivity contribution in [3.8, 4) is 0 Å². The Morgan fingerprint density at radius 1 is 0.682 bits per heavy atom. The molecular formula is C43H43N. The van der Waals surface area contributed by atoms with Crippen LogP contribution < -0.4 is 0 Å². The molecule has 0 spiro atoms. The number of rotatable bonds is 3. The second kappa shape index (κ2) is 10.2. The fourth-order valence-corrected chi connectivity index (χ4v) is 9.18. The molecule has 44 heavy (non-hydrogen) atoms. The Labute approximate surface area is 263 Å². The molecular weight excluding hydrogens is 530 g/mol. The SMILES string of the molecule is Cc1ccc(C2(c3ccc(C)cc3)C3=C(C=CCC3)C3C4=C(C=C[C@@]32C)N(C2=CC(C)CC=C2)C2=C(C=C4)CCC=C2)cc1. The Kier molecular flexibility index (Phi) is 6.38. The lowest BCUT2D eigenvalue weighted by Crippen LogP contribution is -2.47. The molecule has 5 aliphatic carbocycles. The van der Waals surface area contributed by atoms with E-state index in [0.29, 0.717) is 5.92 Å². The molecule has 3 atom stereocenters. The Morgan fingerprint density at radius 2 is 1.36 bits per heavy atom. The number of nitrogens with zero attached hydrogens (tertiary/aromatic N) is 1. The molecule has 6 aliphatic rings. The number of hydrogen-bond donors (Lipinski definition) is 0. The monoisotopic (exact) mass is 573 g/mol. The van der Waals surface area contributed by atoms with E-state index in [9.17, 15) is 0 Å². The molecule has 2 aromatic rings. The Hall–Kier alpha value is -4.10. The van der Waals surface area contributed by atoms with Crippen LogP contribution in [0.5, 0.6) is 0 Å². The van der Waals surface area contributed by atoms with Gasteiger partial charge in [-0.2, -0.15) is 0 Å². The van der Waals surface area contributed by atoms with Crippen molar-refractivity contribution >= 4 is 0 Å². The minimum Gasteiger partial charge on any atom is -0.310 e. The molecule has 1 heterocycles. The van der Waals surface area contributed by atoms with Crippen LogP contribution in [0.25, 0.3) is 0 Å². The maximum atomic E-state index is 2.61. The molecule has 0 radical (unpaired) electrons. The normalized spacial score (nSPS) is 28.1. The Balaban J connectivity index is 1.41. The molecule has 1 aliphatic heterocycles. The molecule has 0 fully saturated rings. The summed E-state index contributed by atoms with van der Waals surface area (Å²) >= 11 is 0. The zero-order valence-electron chi connectivity index (χ0n) is 26.6. The molecule has 2 aromatic carbocycles. The van der Waals surface area contributed by atoms with Crippen molar-refractivity contribution in [2.45, 2.75) is 65.2 Å². The number of benzene rings is 2. The van der Waals surface area contributed by atoms with Crippen LogP contribution in [-0.2, 0) is 5.41 Å². The van der Waals surface area contributed by atoms with Gasteiger partial charge in [-0.05, 0) is 97.9 Å². The maximum Gasteiger partial charge on any atom is 0.0514 e. The van der Waals surface area contributed by atoms with Crippen LogP contribution >= 0.6 is 0 Å². The number of aryl methyl sites for hydroxylation is 2. The third-order valence-electron chi connectivity index (χ3n) is 11.2. The fraction of sp³-hybridized carbons (Fsp3) is 0.302. The highest BCUT2D eigenvalue weighted by atomic mass is 15.2. The van der Waals surface area contributed by atoms with Crippen LogP contribution in [0.4, 0.5) is 0 Å². The van der Waals surface area contributed by atoms with Gasteiger partial charge in [-0.25, -0.2) is 0 Å². The zero-order valence-corrected chi connectivity index (χ0v) is 26.6. The van der Waals surface area contributed by atoms with Crippen molar-refractivity contribution in [1.82, 2.24) is 4.90 Å². The molecule has 220 valence electrons. The van der Waals surface area contributed by atoms with Gasteiger partial charge in [-0.15, -0.1) is 0 Å². The first kappa shape index (κ1) is 27.4. The summed E-state index contributed by atoms with van der Waals surface area (Å²) in [6.45, 7) is 9.31. The lowest BCUT2D eigenvalue weighted by molar-refractivity contribution is 0.247. The highest BCUT2D eigenvalue weighted by molar-refractivity contribution is 5.68. The van der Waals surface area contributed by atoms with E-state index < -0.39 is 0 Å². The molecule has 0 bridgehead atoms. The molecule has 2 unspecified atom stereocenters. The summed E-state index contributed by atoms with van der Waals surface area (Å²) < 4.78 is 0. The van der Waals surface area contributed by atoms with Gasteiger partial charge in [0.15, 0.2) is 0 Å². The van der Waals surface area contributed by atoms with E-state index in [1.165, 1.54) is 56.1 Å². The van der Waals surface area contributed by atoms with E-state index in [1.54, 1.807) is 5.57 Å². The lowest BCUT2D eigenvalue weighted by atomic mass is 9.52. The minimum atomic E-state index is -0.259. The van der Waals surface area contributed by atoms with Gasteiger partial charge in [0.25, 0.3) is 0 Å². The number of hydrogen-bond acceptors (Lipinski definition) is 1. The lowest BCUT2D eigenvalue weighted by Gasteiger charge is -2.50. The summed E-state index contributed by atoms with van der Waals surface area (Å²) in [7, 11) is 0. The van der Waals surface area contributed by atoms with Gasteiger partial charge in [-0.3, -0.25) is 0 Å².